The van der Waals surface area contributed by atoms with E-state index in [9.17, 15) is 48.7 Å². The summed E-state index contributed by atoms with van der Waals surface area (Å²) in [7, 11) is 0. The number of carbonyl (C=O) groups is 1. The Balaban J connectivity index is 1.76. The van der Waals surface area contributed by atoms with Gasteiger partial charge in [-0.2, -0.15) is 39.5 Å². The smallest absolute Gasteiger partial charge is 0.367 e. The van der Waals surface area contributed by atoms with E-state index in [2.05, 4.69) is 0 Å². The zero-order valence-electron chi connectivity index (χ0n) is 18.3. The summed E-state index contributed by atoms with van der Waals surface area (Å²) in [6.45, 7) is -0.420. The lowest BCUT2D eigenvalue weighted by Gasteiger charge is -2.34. The minimum Gasteiger partial charge on any atom is -0.367 e. The SMILES string of the molecule is O=C(CC1(C(F)(F)F)CC1)Nc1c(C(F)(F)F)cc2c(c1C(F)(F)F)CCN(c1ccc(F)cc1)C2. The summed E-state index contributed by atoms with van der Waals surface area (Å²) in [5, 5.41) is 1.53. The van der Waals surface area contributed by atoms with Crippen molar-refractivity contribution in [2.75, 3.05) is 16.8 Å². The quantitative estimate of drug-likeness (QED) is 0.430. The molecule has 3 nitrogen and oxygen atoms in total. The number of nitrogens with zero attached hydrogens (tertiary/aromatic N) is 1. The number of carbonyl (C=O) groups excluding carboxylic acids is 1. The van der Waals surface area contributed by atoms with Gasteiger partial charge >= 0.3 is 18.5 Å². The fraction of sp³-hybridized carbons (Fsp3) is 0.435. The highest BCUT2D eigenvalue weighted by atomic mass is 19.4. The molecule has 1 heterocycles. The zero-order chi connectivity index (χ0) is 26.7. The Kier molecular flexibility index (Phi) is 6.19. The van der Waals surface area contributed by atoms with Gasteiger partial charge in [0.1, 0.15) is 5.82 Å². The molecule has 36 heavy (non-hydrogen) atoms. The highest BCUT2D eigenvalue weighted by molar-refractivity contribution is 5.94. The summed E-state index contributed by atoms with van der Waals surface area (Å²) >= 11 is 0. The molecule has 0 radical (unpaired) electrons. The highest BCUT2D eigenvalue weighted by Crippen LogP contribution is 2.60. The number of anilines is 2. The molecule has 13 heteroatoms. The number of benzene rings is 2. The number of hydrogen-bond donors (Lipinski definition) is 1. The van der Waals surface area contributed by atoms with Gasteiger partial charge < -0.3 is 10.2 Å². The van der Waals surface area contributed by atoms with Crippen molar-refractivity contribution in [3.05, 3.63) is 58.4 Å². The van der Waals surface area contributed by atoms with Crippen molar-refractivity contribution >= 4 is 17.3 Å². The molecule has 1 aliphatic heterocycles. The van der Waals surface area contributed by atoms with Crippen molar-refractivity contribution in [2.45, 2.75) is 50.8 Å². The minimum absolute atomic E-state index is 0.0579. The first-order valence-corrected chi connectivity index (χ1v) is 10.7. The van der Waals surface area contributed by atoms with Crippen molar-refractivity contribution in [2.24, 2.45) is 5.41 Å². The van der Waals surface area contributed by atoms with Crippen LogP contribution >= 0.6 is 0 Å². The predicted octanol–water partition coefficient (Wildman–Crippen LogP) is 7.10. The third-order valence-electron chi connectivity index (χ3n) is 6.52. The molecule has 0 spiro atoms. The van der Waals surface area contributed by atoms with Crippen LogP contribution in [0.2, 0.25) is 0 Å². The second-order valence-corrected chi connectivity index (χ2v) is 8.96. The van der Waals surface area contributed by atoms with Gasteiger partial charge in [0.05, 0.1) is 22.2 Å². The van der Waals surface area contributed by atoms with Crippen LogP contribution in [0.5, 0.6) is 0 Å². The molecule has 196 valence electrons. The van der Waals surface area contributed by atoms with Crippen LogP contribution < -0.4 is 10.2 Å². The number of rotatable bonds is 4. The summed E-state index contributed by atoms with van der Waals surface area (Å²) < 4.78 is 137. The maximum atomic E-state index is 14.1. The average molecular weight is 528 g/mol. The van der Waals surface area contributed by atoms with Gasteiger partial charge in [0.2, 0.25) is 5.91 Å². The van der Waals surface area contributed by atoms with Crippen molar-refractivity contribution in [3.8, 4) is 0 Å². The first-order chi connectivity index (χ1) is 16.5. The first kappa shape index (κ1) is 26.1. The molecule has 0 bridgehead atoms. The highest BCUT2D eigenvalue weighted by Gasteiger charge is 2.64. The standard InChI is InChI=1S/C23H18F10N2O/c24-13-1-3-14(4-2-13)35-8-5-15-12(11-35)9-16(21(25,26)27)19(18(15)22(28,29)30)34-17(36)10-20(6-7-20)23(31,32)33/h1-4,9H,5-8,10-11H2,(H,34,36). The van der Waals surface area contributed by atoms with Gasteiger partial charge in [-0.1, -0.05) is 0 Å². The summed E-state index contributed by atoms with van der Waals surface area (Å²) in [5.41, 5.74) is -7.98. The number of amides is 1. The van der Waals surface area contributed by atoms with Crippen molar-refractivity contribution < 1.29 is 48.7 Å². The average Bonchev–Trinajstić information content (AvgIpc) is 3.52. The largest absolute Gasteiger partial charge is 0.418 e. The van der Waals surface area contributed by atoms with Crippen LogP contribution in [0.15, 0.2) is 30.3 Å². The van der Waals surface area contributed by atoms with Crippen LogP contribution in [0, 0.1) is 11.2 Å². The molecule has 2 aromatic rings. The van der Waals surface area contributed by atoms with Gasteiger partial charge in [0, 0.05) is 25.2 Å². The van der Waals surface area contributed by atoms with Crippen LogP contribution in [0.1, 0.15) is 41.5 Å². The Morgan fingerprint density at radius 2 is 1.56 bits per heavy atom. The fourth-order valence-corrected chi connectivity index (χ4v) is 4.48. The number of fused-ring (bicyclic) bond motifs is 1. The van der Waals surface area contributed by atoms with E-state index in [-0.39, 0.29) is 25.1 Å². The Labute approximate surface area is 198 Å². The van der Waals surface area contributed by atoms with E-state index in [1.165, 1.54) is 22.3 Å². The molecule has 0 saturated heterocycles. The molecule has 1 N–H and O–H groups in total. The Bertz CT molecular complexity index is 1160. The Hall–Kier alpha value is -2.99. The number of halogens is 10. The van der Waals surface area contributed by atoms with Gasteiger partial charge in [-0.3, -0.25) is 4.79 Å². The summed E-state index contributed by atoms with van der Waals surface area (Å²) in [5.74, 6) is -2.15. The minimum atomic E-state index is -5.35. The molecule has 2 aromatic carbocycles. The van der Waals surface area contributed by atoms with E-state index in [1.807, 2.05) is 0 Å². The van der Waals surface area contributed by atoms with Crippen molar-refractivity contribution in [3.63, 3.8) is 0 Å². The van der Waals surface area contributed by atoms with E-state index < -0.39 is 77.3 Å². The Morgan fingerprint density at radius 3 is 2.06 bits per heavy atom. The van der Waals surface area contributed by atoms with E-state index in [1.54, 1.807) is 0 Å². The molecular weight excluding hydrogens is 510 g/mol. The van der Waals surface area contributed by atoms with Crippen molar-refractivity contribution in [1.82, 2.24) is 0 Å². The van der Waals surface area contributed by atoms with Crippen LogP contribution in [-0.2, 0) is 30.1 Å². The monoisotopic (exact) mass is 528 g/mol. The molecule has 1 amide bonds. The van der Waals surface area contributed by atoms with Crippen LogP contribution in [0.4, 0.5) is 55.3 Å². The molecule has 1 fully saturated rings. The molecule has 0 atom stereocenters. The van der Waals surface area contributed by atoms with Gasteiger partial charge in [0.25, 0.3) is 0 Å². The van der Waals surface area contributed by atoms with E-state index >= 15 is 0 Å². The maximum absolute atomic E-state index is 14.1. The summed E-state index contributed by atoms with van der Waals surface area (Å²) in [6, 6.07) is 5.34. The van der Waals surface area contributed by atoms with E-state index in [4.69, 9.17) is 0 Å². The first-order valence-electron chi connectivity index (χ1n) is 10.7. The van der Waals surface area contributed by atoms with Gasteiger partial charge in [-0.25, -0.2) is 4.39 Å². The lowest BCUT2D eigenvalue weighted by atomic mass is 9.89. The lowest BCUT2D eigenvalue weighted by molar-refractivity contribution is -0.189. The molecular formula is C23H18F10N2O. The summed E-state index contributed by atoms with van der Waals surface area (Å²) in [4.78, 5) is 13.8. The Morgan fingerprint density at radius 1 is 0.944 bits per heavy atom. The molecule has 1 aliphatic carbocycles. The van der Waals surface area contributed by atoms with Crippen LogP contribution in [0.3, 0.4) is 0 Å². The van der Waals surface area contributed by atoms with E-state index in [0.717, 1.165) is 12.1 Å². The zero-order valence-corrected chi connectivity index (χ0v) is 18.3. The lowest BCUT2D eigenvalue weighted by Crippen LogP contribution is -2.34. The van der Waals surface area contributed by atoms with Gasteiger partial charge in [-0.05, 0) is 60.7 Å². The summed E-state index contributed by atoms with van der Waals surface area (Å²) in [6.07, 6.45) is -18.0. The second-order valence-electron chi connectivity index (χ2n) is 8.96. The maximum Gasteiger partial charge on any atom is 0.418 e. The number of nitrogens with one attached hydrogen (secondary N) is 1. The van der Waals surface area contributed by atoms with Gasteiger partial charge in [0.15, 0.2) is 0 Å². The molecule has 4 rings (SSSR count). The molecule has 0 unspecified atom stereocenters. The topological polar surface area (TPSA) is 32.3 Å². The fourth-order valence-electron chi connectivity index (χ4n) is 4.48. The van der Waals surface area contributed by atoms with E-state index in [0.29, 0.717) is 11.8 Å². The predicted molar refractivity (Wildman–Crippen MR) is 109 cm³/mol. The molecule has 1 saturated carbocycles. The van der Waals surface area contributed by atoms with Crippen LogP contribution in [0.25, 0.3) is 0 Å². The third kappa shape index (κ3) is 4.96. The number of hydrogen-bond acceptors (Lipinski definition) is 2. The van der Waals surface area contributed by atoms with Crippen molar-refractivity contribution in [1.29, 1.82) is 0 Å². The molecule has 2 aliphatic rings. The van der Waals surface area contributed by atoms with Gasteiger partial charge in [-0.15, -0.1) is 0 Å². The molecule has 0 aromatic heterocycles. The number of alkyl halides is 9. The third-order valence-corrected chi connectivity index (χ3v) is 6.52. The second kappa shape index (κ2) is 8.55. The normalized spacial score (nSPS) is 17.6. The van der Waals surface area contributed by atoms with Crippen LogP contribution in [-0.4, -0.2) is 18.6 Å².